The molecule has 3 N–H and O–H groups in total. The van der Waals surface area contributed by atoms with Gasteiger partial charge in [0.25, 0.3) is 0 Å². The number of aliphatic hydroxyl groups excluding tert-OH is 1. The predicted molar refractivity (Wildman–Crippen MR) is 78.4 cm³/mol. The Balaban J connectivity index is 0.00000289. The van der Waals surface area contributed by atoms with Crippen molar-refractivity contribution in [1.82, 2.24) is 0 Å². The van der Waals surface area contributed by atoms with Gasteiger partial charge in [0.05, 0.1) is 12.1 Å². The minimum absolute atomic E-state index is 0. The molecule has 5 heteroatoms. The van der Waals surface area contributed by atoms with E-state index in [0.29, 0.717) is 22.4 Å². The van der Waals surface area contributed by atoms with E-state index in [0.717, 1.165) is 6.42 Å². The van der Waals surface area contributed by atoms with E-state index in [9.17, 15) is 9.50 Å². The van der Waals surface area contributed by atoms with Gasteiger partial charge in [0, 0.05) is 10.0 Å². The molecule has 0 aliphatic carbocycles. The molecule has 0 heterocycles. The Labute approximate surface area is 122 Å². The fraction of sp³-hybridized carbons (Fsp3) is 0.538. The molecule has 104 valence electrons. The summed E-state index contributed by atoms with van der Waals surface area (Å²) in [5, 5.41) is 9.91. The van der Waals surface area contributed by atoms with Crippen LogP contribution in [0.1, 0.15) is 38.3 Å². The maximum Gasteiger partial charge on any atom is 0.129 e. The quantitative estimate of drug-likeness (QED) is 0.856. The van der Waals surface area contributed by atoms with Crippen LogP contribution >= 0.6 is 28.3 Å². The summed E-state index contributed by atoms with van der Waals surface area (Å²) in [6.45, 7) is 4.16. The molecule has 0 aromatic heterocycles. The van der Waals surface area contributed by atoms with Crippen molar-refractivity contribution in [2.75, 3.05) is 0 Å². The lowest BCUT2D eigenvalue weighted by Gasteiger charge is -2.20. The molecule has 0 bridgehead atoms. The minimum Gasteiger partial charge on any atom is -0.391 e. The second-order valence-corrected chi connectivity index (χ2v) is 5.65. The van der Waals surface area contributed by atoms with Gasteiger partial charge in [-0.2, -0.15) is 0 Å². The van der Waals surface area contributed by atoms with E-state index in [1.54, 1.807) is 12.1 Å². The van der Waals surface area contributed by atoms with Gasteiger partial charge in [0.2, 0.25) is 0 Å². The van der Waals surface area contributed by atoms with E-state index in [2.05, 4.69) is 29.8 Å². The van der Waals surface area contributed by atoms with E-state index in [-0.39, 0.29) is 18.2 Å². The Morgan fingerprint density at radius 1 is 1.33 bits per heavy atom. The zero-order valence-electron chi connectivity index (χ0n) is 10.6. The molecular weight excluding hydrogens is 321 g/mol. The first-order valence-corrected chi connectivity index (χ1v) is 6.59. The average molecular weight is 341 g/mol. The number of halogens is 3. The molecule has 0 saturated heterocycles. The highest BCUT2D eigenvalue weighted by Crippen LogP contribution is 2.24. The zero-order valence-corrected chi connectivity index (χ0v) is 13.0. The molecule has 2 atom stereocenters. The van der Waals surface area contributed by atoms with Crippen LogP contribution in [0.25, 0.3) is 0 Å². The van der Waals surface area contributed by atoms with Crippen LogP contribution < -0.4 is 5.73 Å². The maximum atomic E-state index is 13.6. The van der Waals surface area contributed by atoms with Crippen LogP contribution in [0.4, 0.5) is 4.39 Å². The summed E-state index contributed by atoms with van der Waals surface area (Å²) in [5.41, 5.74) is 6.24. The van der Waals surface area contributed by atoms with Crippen LogP contribution in [-0.2, 0) is 0 Å². The maximum absolute atomic E-state index is 13.6. The molecule has 0 aliphatic heterocycles. The first-order chi connectivity index (χ1) is 7.91. The number of hydrogen-bond acceptors (Lipinski definition) is 2. The van der Waals surface area contributed by atoms with Gasteiger partial charge in [-0.25, -0.2) is 4.39 Å². The molecule has 0 spiro atoms. The van der Waals surface area contributed by atoms with Crippen molar-refractivity contribution in [3.8, 4) is 0 Å². The van der Waals surface area contributed by atoms with Gasteiger partial charge in [-0.1, -0.05) is 35.8 Å². The molecule has 0 saturated carbocycles. The van der Waals surface area contributed by atoms with Crippen LogP contribution in [-0.4, -0.2) is 11.2 Å². The van der Waals surface area contributed by atoms with E-state index in [1.165, 1.54) is 6.07 Å². The van der Waals surface area contributed by atoms with Gasteiger partial charge >= 0.3 is 0 Å². The van der Waals surface area contributed by atoms with Crippen molar-refractivity contribution in [1.29, 1.82) is 0 Å². The molecule has 0 aliphatic rings. The number of nitrogens with two attached hydrogens (primary N) is 1. The molecule has 1 rings (SSSR count). The van der Waals surface area contributed by atoms with Crippen LogP contribution in [0.5, 0.6) is 0 Å². The summed E-state index contributed by atoms with van der Waals surface area (Å²) >= 11 is 3.19. The van der Waals surface area contributed by atoms with E-state index in [4.69, 9.17) is 5.73 Å². The van der Waals surface area contributed by atoms with Crippen molar-refractivity contribution in [3.05, 3.63) is 34.1 Å². The molecule has 1 aromatic rings. The summed E-state index contributed by atoms with van der Waals surface area (Å²) < 4.78 is 14.3. The fourth-order valence-electron chi connectivity index (χ4n) is 1.66. The summed E-state index contributed by atoms with van der Waals surface area (Å²) in [6, 6.07) is 4.04. The Morgan fingerprint density at radius 3 is 2.44 bits per heavy atom. The highest BCUT2D eigenvalue weighted by Gasteiger charge is 2.20. The second kappa shape index (κ2) is 8.10. The smallest absolute Gasteiger partial charge is 0.129 e. The molecule has 0 fully saturated rings. The third kappa shape index (κ3) is 5.22. The molecule has 2 nitrogen and oxygen atoms in total. The normalized spacial score (nSPS) is 14.2. The van der Waals surface area contributed by atoms with Crippen LogP contribution in [0.2, 0.25) is 0 Å². The van der Waals surface area contributed by atoms with Gasteiger partial charge in [-0.3, -0.25) is 0 Å². The van der Waals surface area contributed by atoms with Gasteiger partial charge < -0.3 is 10.8 Å². The van der Waals surface area contributed by atoms with Gasteiger partial charge in [0.15, 0.2) is 0 Å². The van der Waals surface area contributed by atoms with E-state index >= 15 is 0 Å². The second-order valence-electron chi connectivity index (χ2n) is 4.73. The van der Waals surface area contributed by atoms with Gasteiger partial charge in [0.1, 0.15) is 5.82 Å². The van der Waals surface area contributed by atoms with Crippen LogP contribution in [0.15, 0.2) is 22.7 Å². The molecule has 0 radical (unpaired) electrons. The lowest BCUT2D eigenvalue weighted by atomic mass is 9.96. The van der Waals surface area contributed by atoms with Gasteiger partial charge in [-0.05, 0) is 30.9 Å². The summed E-state index contributed by atoms with van der Waals surface area (Å²) in [6.07, 6.45) is 0.773. The van der Waals surface area contributed by atoms with Gasteiger partial charge in [-0.15, -0.1) is 12.4 Å². The molecular formula is C13H20BrClFNO. The summed E-state index contributed by atoms with van der Waals surface area (Å²) in [5.74, 6) is 0.127. The van der Waals surface area contributed by atoms with Crippen molar-refractivity contribution in [3.63, 3.8) is 0 Å². The number of hydrogen-bond donors (Lipinski definition) is 2. The summed E-state index contributed by atoms with van der Waals surface area (Å²) in [4.78, 5) is 0. The average Bonchev–Trinajstić information content (AvgIpc) is 2.25. The van der Waals surface area contributed by atoms with Crippen LogP contribution in [0.3, 0.4) is 0 Å². The first-order valence-electron chi connectivity index (χ1n) is 5.80. The molecule has 0 amide bonds. The SMILES string of the molecule is CC(C)CC[C@@H](O)[C@@H](N)c1ccc(Br)cc1F.Cl. The fourth-order valence-corrected chi connectivity index (χ4v) is 2.00. The standard InChI is InChI=1S/C13H19BrFNO.ClH/c1-8(2)3-6-12(17)13(16)10-5-4-9(14)7-11(10)15;/h4-5,7-8,12-13,17H,3,6,16H2,1-2H3;1H/t12-,13+;/m1./s1. The molecule has 1 aromatic carbocycles. The van der Waals surface area contributed by atoms with E-state index in [1.807, 2.05) is 0 Å². The monoisotopic (exact) mass is 339 g/mol. The third-order valence-electron chi connectivity index (χ3n) is 2.78. The van der Waals surface area contributed by atoms with Crippen molar-refractivity contribution in [2.45, 2.75) is 38.8 Å². The first kappa shape index (κ1) is 17.8. The highest BCUT2D eigenvalue weighted by atomic mass is 79.9. The summed E-state index contributed by atoms with van der Waals surface area (Å²) in [7, 11) is 0. The van der Waals surface area contributed by atoms with Crippen molar-refractivity contribution < 1.29 is 9.50 Å². The highest BCUT2D eigenvalue weighted by molar-refractivity contribution is 9.10. The topological polar surface area (TPSA) is 46.2 Å². The number of rotatable bonds is 5. The minimum atomic E-state index is -0.701. The number of benzene rings is 1. The Bertz CT molecular complexity index is 376. The Morgan fingerprint density at radius 2 is 1.94 bits per heavy atom. The Kier molecular flexibility index (Phi) is 8.03. The lowest BCUT2D eigenvalue weighted by molar-refractivity contribution is 0.127. The predicted octanol–water partition coefficient (Wildman–Crippen LogP) is 3.81. The van der Waals surface area contributed by atoms with Crippen LogP contribution in [0, 0.1) is 11.7 Å². The van der Waals surface area contributed by atoms with Crippen molar-refractivity contribution >= 4 is 28.3 Å². The van der Waals surface area contributed by atoms with Crippen molar-refractivity contribution in [2.24, 2.45) is 11.7 Å². The molecule has 0 unspecified atom stereocenters. The largest absolute Gasteiger partial charge is 0.391 e. The molecule has 18 heavy (non-hydrogen) atoms. The Hall–Kier alpha value is -0.160. The lowest BCUT2D eigenvalue weighted by Crippen LogP contribution is -2.27. The third-order valence-corrected chi connectivity index (χ3v) is 3.27. The zero-order chi connectivity index (χ0) is 13.0. The number of aliphatic hydroxyl groups is 1. The van der Waals surface area contributed by atoms with E-state index < -0.39 is 12.1 Å².